The van der Waals surface area contributed by atoms with Gasteiger partial charge in [-0.15, -0.1) is 0 Å². The summed E-state index contributed by atoms with van der Waals surface area (Å²) in [5.74, 6) is -1.16. The van der Waals surface area contributed by atoms with Crippen LogP contribution in [0, 0.1) is 0 Å². The SMILES string of the molecule is CC(=O)N1Cc2cc(Br)ccc2C[C@@H]1C(=O)O. The molecule has 1 aliphatic heterocycles. The number of halogens is 1. The van der Waals surface area contributed by atoms with Gasteiger partial charge in [-0.2, -0.15) is 0 Å². The zero-order valence-corrected chi connectivity index (χ0v) is 10.9. The van der Waals surface area contributed by atoms with Crippen molar-refractivity contribution in [2.75, 3.05) is 0 Å². The molecule has 90 valence electrons. The number of carboxylic acid groups (broad SMARTS) is 1. The van der Waals surface area contributed by atoms with Gasteiger partial charge >= 0.3 is 5.97 Å². The first kappa shape index (κ1) is 12.1. The molecule has 1 aromatic rings. The normalized spacial score (nSPS) is 18.7. The zero-order valence-electron chi connectivity index (χ0n) is 9.31. The third-order valence-electron chi connectivity index (χ3n) is 2.99. The van der Waals surface area contributed by atoms with Gasteiger partial charge in [0.1, 0.15) is 6.04 Å². The second-order valence-electron chi connectivity index (χ2n) is 4.12. The summed E-state index contributed by atoms with van der Waals surface area (Å²) < 4.78 is 0.938. The van der Waals surface area contributed by atoms with Crippen LogP contribution in [-0.2, 0) is 22.6 Å². The summed E-state index contributed by atoms with van der Waals surface area (Å²) in [6.45, 7) is 1.76. The van der Waals surface area contributed by atoms with E-state index in [0.717, 1.165) is 15.6 Å². The molecule has 0 saturated carbocycles. The molecule has 0 saturated heterocycles. The molecule has 0 bridgehead atoms. The van der Waals surface area contributed by atoms with E-state index in [1.807, 2.05) is 18.2 Å². The lowest BCUT2D eigenvalue weighted by molar-refractivity contribution is -0.150. The number of aliphatic carboxylic acids is 1. The highest BCUT2D eigenvalue weighted by Crippen LogP contribution is 2.26. The lowest BCUT2D eigenvalue weighted by Gasteiger charge is -2.33. The molecule has 1 aliphatic rings. The van der Waals surface area contributed by atoms with Gasteiger partial charge in [-0.05, 0) is 23.3 Å². The predicted molar refractivity (Wildman–Crippen MR) is 65.5 cm³/mol. The fourth-order valence-corrected chi connectivity index (χ4v) is 2.51. The molecule has 1 aromatic carbocycles. The molecular weight excluding hydrogens is 286 g/mol. The third kappa shape index (κ3) is 2.34. The number of carbonyl (C=O) groups is 2. The number of carboxylic acids is 1. The van der Waals surface area contributed by atoms with E-state index in [9.17, 15) is 9.59 Å². The molecular formula is C12H12BrNO3. The smallest absolute Gasteiger partial charge is 0.326 e. The highest BCUT2D eigenvalue weighted by Gasteiger charge is 2.32. The molecule has 0 fully saturated rings. The summed E-state index contributed by atoms with van der Waals surface area (Å²) in [6.07, 6.45) is 0.373. The number of hydrogen-bond acceptors (Lipinski definition) is 2. The van der Waals surface area contributed by atoms with Gasteiger partial charge in [-0.3, -0.25) is 4.79 Å². The number of amides is 1. The first-order chi connectivity index (χ1) is 7.99. The van der Waals surface area contributed by atoms with Crippen molar-refractivity contribution in [3.8, 4) is 0 Å². The molecule has 1 N–H and O–H groups in total. The van der Waals surface area contributed by atoms with Crippen LogP contribution in [-0.4, -0.2) is 27.9 Å². The van der Waals surface area contributed by atoms with Crippen LogP contribution < -0.4 is 0 Å². The van der Waals surface area contributed by atoms with Gasteiger partial charge in [-0.1, -0.05) is 22.0 Å². The van der Waals surface area contributed by atoms with Gasteiger partial charge in [0.15, 0.2) is 0 Å². The van der Waals surface area contributed by atoms with E-state index in [1.165, 1.54) is 11.8 Å². The van der Waals surface area contributed by atoms with Crippen LogP contribution in [0.1, 0.15) is 18.1 Å². The molecule has 1 amide bonds. The van der Waals surface area contributed by atoms with Gasteiger partial charge in [0.2, 0.25) is 5.91 Å². The van der Waals surface area contributed by atoms with Gasteiger partial charge in [-0.25, -0.2) is 4.79 Å². The largest absolute Gasteiger partial charge is 0.480 e. The summed E-state index contributed by atoms with van der Waals surface area (Å²) in [5, 5.41) is 9.13. The number of fused-ring (bicyclic) bond motifs is 1. The summed E-state index contributed by atoms with van der Waals surface area (Å²) in [6, 6.07) is 4.98. The Kier molecular flexibility index (Phi) is 3.19. The minimum absolute atomic E-state index is 0.206. The van der Waals surface area contributed by atoms with Crippen molar-refractivity contribution in [2.24, 2.45) is 0 Å². The first-order valence-corrected chi connectivity index (χ1v) is 6.05. The Hall–Kier alpha value is -1.36. The highest BCUT2D eigenvalue weighted by atomic mass is 79.9. The average Bonchev–Trinajstić information content (AvgIpc) is 2.26. The maximum Gasteiger partial charge on any atom is 0.326 e. The van der Waals surface area contributed by atoms with Crippen molar-refractivity contribution in [3.05, 3.63) is 33.8 Å². The number of rotatable bonds is 1. The van der Waals surface area contributed by atoms with E-state index in [2.05, 4.69) is 15.9 Å². The molecule has 0 aliphatic carbocycles. The Morgan fingerprint density at radius 3 is 2.71 bits per heavy atom. The van der Waals surface area contributed by atoms with Crippen molar-refractivity contribution < 1.29 is 14.7 Å². The topological polar surface area (TPSA) is 57.6 Å². The fraction of sp³-hybridized carbons (Fsp3) is 0.333. The van der Waals surface area contributed by atoms with Gasteiger partial charge < -0.3 is 10.0 Å². The van der Waals surface area contributed by atoms with Gasteiger partial charge in [0.05, 0.1) is 0 Å². The van der Waals surface area contributed by atoms with Crippen LogP contribution in [0.3, 0.4) is 0 Å². The van der Waals surface area contributed by atoms with E-state index in [0.29, 0.717) is 13.0 Å². The maximum atomic E-state index is 11.5. The second-order valence-corrected chi connectivity index (χ2v) is 5.03. The minimum atomic E-state index is -0.950. The number of hydrogen-bond donors (Lipinski definition) is 1. The molecule has 1 atom stereocenters. The Morgan fingerprint density at radius 1 is 1.41 bits per heavy atom. The summed E-state index contributed by atoms with van der Waals surface area (Å²) >= 11 is 3.37. The van der Waals surface area contributed by atoms with Crippen LogP contribution in [0.4, 0.5) is 0 Å². The summed E-state index contributed by atoms with van der Waals surface area (Å²) in [5.41, 5.74) is 2.00. The van der Waals surface area contributed by atoms with Crippen molar-refractivity contribution in [1.82, 2.24) is 4.90 Å². The molecule has 2 rings (SSSR count). The van der Waals surface area contributed by atoms with Crippen molar-refractivity contribution >= 4 is 27.8 Å². The number of carbonyl (C=O) groups excluding carboxylic acids is 1. The van der Waals surface area contributed by atoms with Crippen molar-refractivity contribution in [3.63, 3.8) is 0 Å². The average molecular weight is 298 g/mol. The predicted octanol–water partition coefficient (Wildman–Crippen LogP) is 1.81. The Bertz CT molecular complexity index is 487. The molecule has 4 nitrogen and oxygen atoms in total. The van der Waals surface area contributed by atoms with Gasteiger partial charge in [0, 0.05) is 24.4 Å². The van der Waals surface area contributed by atoms with E-state index < -0.39 is 12.0 Å². The monoisotopic (exact) mass is 297 g/mol. The summed E-state index contributed by atoms with van der Waals surface area (Å²) in [7, 11) is 0. The molecule has 5 heteroatoms. The fourth-order valence-electron chi connectivity index (χ4n) is 2.10. The molecule has 0 unspecified atom stereocenters. The van der Waals surface area contributed by atoms with E-state index in [-0.39, 0.29) is 5.91 Å². The second kappa shape index (κ2) is 4.49. The van der Waals surface area contributed by atoms with Crippen molar-refractivity contribution in [2.45, 2.75) is 25.9 Å². The van der Waals surface area contributed by atoms with E-state index >= 15 is 0 Å². The third-order valence-corrected chi connectivity index (χ3v) is 3.48. The highest BCUT2D eigenvalue weighted by molar-refractivity contribution is 9.10. The maximum absolute atomic E-state index is 11.5. The molecule has 0 aromatic heterocycles. The van der Waals surface area contributed by atoms with Crippen LogP contribution in [0.2, 0.25) is 0 Å². The van der Waals surface area contributed by atoms with E-state index in [4.69, 9.17) is 5.11 Å². The molecule has 1 heterocycles. The first-order valence-electron chi connectivity index (χ1n) is 5.26. The van der Waals surface area contributed by atoms with Crippen molar-refractivity contribution in [1.29, 1.82) is 0 Å². The Labute approximate surface area is 107 Å². The number of nitrogens with zero attached hydrogens (tertiary/aromatic N) is 1. The van der Waals surface area contributed by atoms with E-state index in [1.54, 1.807) is 0 Å². The molecule has 0 radical (unpaired) electrons. The van der Waals surface area contributed by atoms with Crippen LogP contribution in [0.5, 0.6) is 0 Å². The molecule has 17 heavy (non-hydrogen) atoms. The lowest BCUT2D eigenvalue weighted by atomic mass is 9.94. The Balaban J connectivity index is 2.39. The van der Waals surface area contributed by atoms with Crippen LogP contribution >= 0.6 is 15.9 Å². The lowest BCUT2D eigenvalue weighted by Crippen LogP contribution is -2.47. The zero-order chi connectivity index (χ0) is 12.6. The quantitative estimate of drug-likeness (QED) is 0.860. The van der Waals surface area contributed by atoms with Crippen LogP contribution in [0.15, 0.2) is 22.7 Å². The number of benzene rings is 1. The molecule has 0 spiro atoms. The van der Waals surface area contributed by atoms with Gasteiger partial charge in [0.25, 0.3) is 0 Å². The minimum Gasteiger partial charge on any atom is -0.480 e. The van der Waals surface area contributed by atoms with Crippen LogP contribution in [0.25, 0.3) is 0 Å². The summed E-state index contributed by atoms with van der Waals surface area (Å²) in [4.78, 5) is 24.0. The Morgan fingerprint density at radius 2 is 2.12 bits per heavy atom. The standard InChI is InChI=1S/C12H12BrNO3/c1-7(15)14-6-9-4-10(13)3-2-8(9)5-11(14)12(16)17/h2-4,11H,5-6H2,1H3,(H,16,17)/t11-/m1/s1.